The first kappa shape index (κ1) is 17.6. The monoisotopic (exact) mass is 365 g/mol. The Morgan fingerprint density at radius 2 is 2.04 bits per heavy atom. The number of Topliss-reactive ketones (excluding diaryl/α,β-unsaturated/α-hetero) is 1. The maximum Gasteiger partial charge on any atom is 0.192 e. The molecule has 138 valence electrons. The molecule has 27 heavy (non-hydrogen) atoms. The maximum absolute atomic E-state index is 14.0. The van der Waals surface area contributed by atoms with Crippen LogP contribution in [-0.2, 0) is 0 Å². The van der Waals surface area contributed by atoms with Gasteiger partial charge in [0, 0.05) is 37.1 Å². The number of hydrogen-bond donors (Lipinski definition) is 0. The van der Waals surface area contributed by atoms with E-state index in [0.717, 1.165) is 25.1 Å². The van der Waals surface area contributed by atoms with Crippen LogP contribution in [0.1, 0.15) is 34.7 Å². The first-order chi connectivity index (χ1) is 13.1. The molecular weight excluding hydrogens is 345 g/mol. The number of benzene rings is 2. The lowest BCUT2D eigenvalue weighted by Gasteiger charge is -2.16. The molecule has 4 rings (SSSR count). The van der Waals surface area contributed by atoms with Crippen LogP contribution in [0.15, 0.2) is 64.0 Å². The summed E-state index contributed by atoms with van der Waals surface area (Å²) in [5, 5.41) is 0.420. The highest BCUT2D eigenvalue weighted by Gasteiger charge is 2.26. The molecular formula is C22H20FNO3. The minimum atomic E-state index is -0.157. The van der Waals surface area contributed by atoms with E-state index >= 15 is 0 Å². The number of halogens is 1. The van der Waals surface area contributed by atoms with Crippen molar-refractivity contribution in [3.63, 3.8) is 0 Å². The van der Waals surface area contributed by atoms with Crippen molar-refractivity contribution in [2.75, 3.05) is 19.6 Å². The Morgan fingerprint density at radius 3 is 2.89 bits per heavy atom. The molecule has 0 bridgehead atoms. The third-order valence-electron chi connectivity index (χ3n) is 5.25. The summed E-state index contributed by atoms with van der Waals surface area (Å²) in [7, 11) is 0. The van der Waals surface area contributed by atoms with Crippen LogP contribution in [0, 0.1) is 5.82 Å². The summed E-state index contributed by atoms with van der Waals surface area (Å²) in [5.41, 5.74) is 1.60. The van der Waals surface area contributed by atoms with Crippen LogP contribution in [0.4, 0.5) is 4.39 Å². The van der Waals surface area contributed by atoms with Crippen molar-refractivity contribution in [3.8, 4) is 0 Å². The number of hydrogen-bond acceptors (Lipinski definition) is 4. The van der Waals surface area contributed by atoms with Crippen LogP contribution >= 0.6 is 0 Å². The van der Waals surface area contributed by atoms with Crippen LogP contribution in [0.2, 0.25) is 0 Å². The van der Waals surface area contributed by atoms with Gasteiger partial charge in [0.15, 0.2) is 11.2 Å². The number of nitrogens with zero attached hydrogens (tertiary/aromatic N) is 1. The number of rotatable bonds is 5. The smallest absolute Gasteiger partial charge is 0.192 e. The van der Waals surface area contributed by atoms with Gasteiger partial charge in [0.2, 0.25) is 0 Å². The molecule has 2 aromatic carbocycles. The predicted molar refractivity (Wildman–Crippen MR) is 102 cm³/mol. The van der Waals surface area contributed by atoms with Crippen molar-refractivity contribution in [1.29, 1.82) is 0 Å². The van der Waals surface area contributed by atoms with Gasteiger partial charge in [-0.3, -0.25) is 9.59 Å². The third kappa shape index (κ3) is 3.69. The van der Waals surface area contributed by atoms with E-state index in [9.17, 15) is 14.0 Å². The molecule has 4 nitrogen and oxygen atoms in total. The Hall–Kier alpha value is -2.79. The van der Waals surface area contributed by atoms with Gasteiger partial charge < -0.3 is 9.32 Å². The van der Waals surface area contributed by atoms with E-state index in [0.29, 0.717) is 29.5 Å². The summed E-state index contributed by atoms with van der Waals surface area (Å²) in [6.45, 7) is 2.24. The number of carbonyl (C=O) groups excluding carboxylic acids is 1. The fraction of sp³-hybridized carbons (Fsp3) is 0.273. The van der Waals surface area contributed by atoms with E-state index in [1.54, 1.807) is 24.3 Å². The molecule has 0 spiro atoms. The molecule has 0 aliphatic carbocycles. The zero-order valence-electron chi connectivity index (χ0n) is 14.9. The number of likely N-dealkylation sites (tertiary alicyclic amines) is 1. The molecule has 1 saturated heterocycles. The van der Waals surface area contributed by atoms with Crippen molar-refractivity contribution in [3.05, 3.63) is 82.0 Å². The van der Waals surface area contributed by atoms with Crippen LogP contribution in [-0.4, -0.2) is 30.3 Å². The SMILES string of the molecule is O=C(CCN1CCC(c2ccccc2F)C1)c1ccc2occc(=O)c2c1. The lowest BCUT2D eigenvalue weighted by molar-refractivity contribution is 0.0968. The molecule has 1 aliphatic heterocycles. The summed E-state index contributed by atoms with van der Waals surface area (Å²) in [4.78, 5) is 26.7. The Morgan fingerprint density at radius 1 is 1.19 bits per heavy atom. The van der Waals surface area contributed by atoms with E-state index in [4.69, 9.17) is 4.42 Å². The molecule has 1 aliphatic rings. The molecule has 2 heterocycles. The van der Waals surface area contributed by atoms with Crippen molar-refractivity contribution in [2.24, 2.45) is 0 Å². The third-order valence-corrected chi connectivity index (χ3v) is 5.25. The van der Waals surface area contributed by atoms with E-state index < -0.39 is 0 Å². The minimum Gasteiger partial charge on any atom is -0.464 e. The largest absolute Gasteiger partial charge is 0.464 e. The average molecular weight is 365 g/mol. The lowest BCUT2D eigenvalue weighted by Crippen LogP contribution is -2.24. The highest BCUT2D eigenvalue weighted by atomic mass is 19.1. The van der Waals surface area contributed by atoms with E-state index in [-0.39, 0.29) is 22.9 Å². The van der Waals surface area contributed by atoms with Gasteiger partial charge in [0.05, 0.1) is 11.6 Å². The van der Waals surface area contributed by atoms with Crippen LogP contribution in [0.5, 0.6) is 0 Å². The topological polar surface area (TPSA) is 50.5 Å². The fourth-order valence-corrected chi connectivity index (χ4v) is 3.76. The fourth-order valence-electron chi connectivity index (χ4n) is 3.76. The Labute approximate surface area is 156 Å². The summed E-state index contributed by atoms with van der Waals surface area (Å²) < 4.78 is 19.2. The van der Waals surface area contributed by atoms with Gasteiger partial charge in [0.25, 0.3) is 0 Å². The molecule has 1 fully saturated rings. The molecule has 1 unspecified atom stereocenters. The Kier molecular flexibility index (Phi) is 4.86. The zero-order valence-corrected chi connectivity index (χ0v) is 14.9. The quantitative estimate of drug-likeness (QED) is 0.642. The van der Waals surface area contributed by atoms with Crippen LogP contribution in [0.3, 0.4) is 0 Å². The molecule has 0 N–H and O–H groups in total. The van der Waals surface area contributed by atoms with Gasteiger partial charge in [-0.05, 0) is 42.8 Å². The molecule has 3 aromatic rings. The number of carbonyl (C=O) groups is 1. The lowest BCUT2D eigenvalue weighted by atomic mass is 9.98. The maximum atomic E-state index is 14.0. The summed E-state index contributed by atoms with van der Waals surface area (Å²) in [5.74, 6) is 0.0107. The highest BCUT2D eigenvalue weighted by Crippen LogP contribution is 2.29. The van der Waals surface area contributed by atoms with Gasteiger partial charge in [-0.2, -0.15) is 0 Å². The van der Waals surface area contributed by atoms with Gasteiger partial charge in [-0.15, -0.1) is 0 Å². The van der Waals surface area contributed by atoms with E-state index in [1.807, 2.05) is 12.1 Å². The van der Waals surface area contributed by atoms with Gasteiger partial charge in [0.1, 0.15) is 11.4 Å². The first-order valence-electron chi connectivity index (χ1n) is 9.13. The summed E-state index contributed by atoms with van der Waals surface area (Å²) in [6, 6.07) is 13.2. The van der Waals surface area contributed by atoms with Gasteiger partial charge >= 0.3 is 0 Å². The van der Waals surface area contributed by atoms with Crippen molar-refractivity contribution in [2.45, 2.75) is 18.8 Å². The second-order valence-corrected chi connectivity index (χ2v) is 6.98. The van der Waals surface area contributed by atoms with E-state index in [2.05, 4.69) is 4.90 Å². The van der Waals surface area contributed by atoms with Crippen molar-refractivity contribution >= 4 is 16.8 Å². The van der Waals surface area contributed by atoms with Crippen molar-refractivity contribution < 1.29 is 13.6 Å². The number of fused-ring (bicyclic) bond motifs is 1. The molecule has 0 radical (unpaired) electrons. The van der Waals surface area contributed by atoms with Gasteiger partial charge in [-0.1, -0.05) is 18.2 Å². The molecule has 0 saturated carbocycles. The predicted octanol–water partition coefficient (Wildman–Crippen LogP) is 3.99. The van der Waals surface area contributed by atoms with E-state index in [1.165, 1.54) is 18.4 Å². The van der Waals surface area contributed by atoms with Crippen molar-refractivity contribution in [1.82, 2.24) is 4.90 Å². The highest BCUT2D eigenvalue weighted by molar-refractivity contribution is 5.99. The summed E-state index contributed by atoms with van der Waals surface area (Å²) in [6.07, 6.45) is 2.62. The second-order valence-electron chi connectivity index (χ2n) is 6.98. The zero-order chi connectivity index (χ0) is 18.8. The Balaban J connectivity index is 1.39. The summed E-state index contributed by atoms with van der Waals surface area (Å²) >= 11 is 0. The van der Waals surface area contributed by atoms with Crippen LogP contribution in [0.25, 0.3) is 11.0 Å². The molecule has 0 amide bonds. The number of ketones is 1. The first-order valence-corrected chi connectivity index (χ1v) is 9.13. The average Bonchev–Trinajstić information content (AvgIpc) is 3.15. The normalized spacial score (nSPS) is 17.4. The molecule has 1 aromatic heterocycles. The van der Waals surface area contributed by atoms with Gasteiger partial charge in [-0.25, -0.2) is 4.39 Å². The molecule has 1 atom stereocenters. The second kappa shape index (κ2) is 7.45. The minimum absolute atomic E-state index is 0.00510. The van der Waals surface area contributed by atoms with Crippen LogP contribution < -0.4 is 5.43 Å². The Bertz CT molecular complexity index is 1040. The standard InChI is InChI=1S/C22H20FNO3/c23-19-4-2-1-3-17(19)16-7-10-24(14-16)11-8-20(25)15-5-6-22-18(13-15)21(26)9-12-27-22/h1-6,9,12-13,16H,7-8,10-11,14H2. The molecule has 5 heteroatoms.